The molecule has 3 aliphatic carbocycles. The van der Waals surface area contributed by atoms with Crippen LogP contribution in [0.5, 0.6) is 0 Å². The van der Waals surface area contributed by atoms with Crippen LogP contribution in [0, 0.1) is 17.3 Å². The Balaban J connectivity index is 2.10. The summed E-state index contributed by atoms with van der Waals surface area (Å²) in [6, 6.07) is 0. The molecule has 0 aliphatic heterocycles. The predicted octanol–water partition coefficient (Wildman–Crippen LogP) is 2.87. The summed E-state index contributed by atoms with van der Waals surface area (Å²) in [4.78, 5) is 0. The van der Waals surface area contributed by atoms with Crippen LogP contribution in [0.1, 0.15) is 65.2 Å². The zero-order valence-electron chi connectivity index (χ0n) is 11.2. The van der Waals surface area contributed by atoms with E-state index in [4.69, 9.17) is 0 Å². The van der Waals surface area contributed by atoms with Crippen LogP contribution < -0.4 is 0 Å². The van der Waals surface area contributed by atoms with Gasteiger partial charge in [0.15, 0.2) is 0 Å². The Morgan fingerprint density at radius 2 is 1.76 bits per heavy atom. The second kappa shape index (κ2) is 3.48. The quantitative estimate of drug-likeness (QED) is 0.793. The molecule has 0 aromatic carbocycles. The van der Waals surface area contributed by atoms with Crippen LogP contribution in [-0.4, -0.2) is 21.4 Å². The fourth-order valence-electron chi connectivity index (χ4n) is 5.96. The van der Waals surface area contributed by atoms with Gasteiger partial charge in [0.05, 0.1) is 11.2 Å². The van der Waals surface area contributed by atoms with E-state index in [0.29, 0.717) is 11.8 Å². The van der Waals surface area contributed by atoms with Crippen molar-refractivity contribution in [1.29, 1.82) is 0 Å². The Morgan fingerprint density at radius 1 is 1.12 bits per heavy atom. The van der Waals surface area contributed by atoms with Crippen molar-refractivity contribution in [2.75, 3.05) is 0 Å². The summed E-state index contributed by atoms with van der Waals surface area (Å²) >= 11 is 0. The van der Waals surface area contributed by atoms with Gasteiger partial charge < -0.3 is 10.2 Å². The monoisotopic (exact) mass is 238 g/mol. The molecule has 0 saturated heterocycles. The highest BCUT2D eigenvalue weighted by Gasteiger charge is 2.74. The van der Waals surface area contributed by atoms with Gasteiger partial charge in [-0.25, -0.2) is 0 Å². The fourth-order valence-corrected chi connectivity index (χ4v) is 5.96. The molecular weight excluding hydrogens is 212 g/mol. The van der Waals surface area contributed by atoms with E-state index in [1.807, 2.05) is 0 Å². The highest BCUT2D eigenvalue weighted by Crippen LogP contribution is 2.72. The van der Waals surface area contributed by atoms with E-state index in [1.54, 1.807) is 0 Å². The summed E-state index contributed by atoms with van der Waals surface area (Å²) in [6.07, 6.45) is 8.23. The summed E-state index contributed by atoms with van der Waals surface area (Å²) in [5.74, 6) is 1.05. The molecule has 0 heterocycles. The number of aliphatic hydroxyl groups is 2. The number of fused-ring (bicyclic) bond motifs is 5. The summed E-state index contributed by atoms with van der Waals surface area (Å²) in [5.41, 5.74) is -1.36. The van der Waals surface area contributed by atoms with Crippen molar-refractivity contribution < 1.29 is 10.2 Å². The first kappa shape index (κ1) is 12.0. The van der Waals surface area contributed by atoms with Crippen LogP contribution in [0.25, 0.3) is 0 Å². The van der Waals surface area contributed by atoms with E-state index in [2.05, 4.69) is 13.8 Å². The van der Waals surface area contributed by atoms with Crippen molar-refractivity contribution in [2.45, 2.75) is 76.4 Å². The first-order chi connectivity index (χ1) is 8.04. The molecule has 0 radical (unpaired) electrons. The molecular formula is C15H26O2. The van der Waals surface area contributed by atoms with Crippen LogP contribution in [0.2, 0.25) is 0 Å². The number of hydrogen-bond donors (Lipinski definition) is 2. The van der Waals surface area contributed by atoms with Crippen molar-refractivity contribution in [2.24, 2.45) is 17.3 Å². The molecule has 0 aromatic heterocycles. The molecule has 17 heavy (non-hydrogen) atoms. The lowest BCUT2D eigenvalue weighted by atomic mass is 9.55. The number of hydrogen-bond acceptors (Lipinski definition) is 2. The smallest absolute Gasteiger partial charge is 0.0761 e. The zero-order chi connectivity index (χ0) is 12.3. The summed E-state index contributed by atoms with van der Waals surface area (Å²) in [7, 11) is 0. The minimum Gasteiger partial charge on any atom is -0.389 e. The van der Waals surface area contributed by atoms with E-state index >= 15 is 0 Å². The second-order valence-electron chi connectivity index (χ2n) is 6.69. The molecule has 2 nitrogen and oxygen atoms in total. The maximum absolute atomic E-state index is 11.2. The molecule has 3 saturated carbocycles. The molecule has 0 aromatic rings. The van der Waals surface area contributed by atoms with Gasteiger partial charge in [0.25, 0.3) is 0 Å². The van der Waals surface area contributed by atoms with E-state index in [-0.39, 0.29) is 5.41 Å². The molecule has 3 rings (SSSR count). The molecule has 2 heteroatoms. The Morgan fingerprint density at radius 3 is 2.41 bits per heavy atom. The third kappa shape index (κ3) is 1.10. The lowest BCUT2D eigenvalue weighted by Crippen LogP contribution is -2.61. The molecule has 4 unspecified atom stereocenters. The van der Waals surface area contributed by atoms with Gasteiger partial charge in [0, 0.05) is 5.41 Å². The Hall–Kier alpha value is -0.0800. The predicted molar refractivity (Wildman–Crippen MR) is 67.6 cm³/mol. The molecule has 4 atom stereocenters. The SMILES string of the molecule is CCC(O)(CC)C12CCCC1(O)C1CCC2C1. The topological polar surface area (TPSA) is 40.5 Å². The minimum atomic E-state index is -0.641. The van der Waals surface area contributed by atoms with Crippen molar-refractivity contribution in [1.82, 2.24) is 0 Å². The van der Waals surface area contributed by atoms with Crippen LogP contribution in [0.4, 0.5) is 0 Å². The molecule has 2 bridgehead atoms. The normalized spacial score (nSPS) is 48.7. The Kier molecular flexibility index (Phi) is 2.45. The lowest BCUT2D eigenvalue weighted by molar-refractivity contribution is -0.208. The third-order valence-electron chi connectivity index (χ3n) is 6.71. The Labute approximate surface area is 104 Å². The van der Waals surface area contributed by atoms with Crippen molar-refractivity contribution >= 4 is 0 Å². The largest absolute Gasteiger partial charge is 0.389 e. The highest BCUT2D eigenvalue weighted by atomic mass is 16.3. The van der Waals surface area contributed by atoms with Crippen molar-refractivity contribution in [3.05, 3.63) is 0 Å². The zero-order valence-corrected chi connectivity index (χ0v) is 11.2. The number of rotatable bonds is 3. The summed E-state index contributed by atoms with van der Waals surface area (Å²) < 4.78 is 0. The maximum Gasteiger partial charge on any atom is 0.0761 e. The first-order valence-corrected chi connectivity index (χ1v) is 7.49. The average Bonchev–Trinajstić information content (AvgIpc) is 2.97. The van der Waals surface area contributed by atoms with Crippen molar-refractivity contribution in [3.63, 3.8) is 0 Å². The van der Waals surface area contributed by atoms with Crippen LogP contribution in [0.15, 0.2) is 0 Å². The van der Waals surface area contributed by atoms with Crippen molar-refractivity contribution in [3.8, 4) is 0 Å². The summed E-state index contributed by atoms with van der Waals surface area (Å²) in [6.45, 7) is 4.17. The lowest BCUT2D eigenvalue weighted by Gasteiger charge is -2.55. The van der Waals surface area contributed by atoms with Gasteiger partial charge in [-0.15, -0.1) is 0 Å². The summed E-state index contributed by atoms with van der Waals surface area (Å²) in [5, 5.41) is 22.3. The van der Waals surface area contributed by atoms with Crippen LogP contribution >= 0.6 is 0 Å². The maximum atomic E-state index is 11.2. The van der Waals surface area contributed by atoms with Gasteiger partial charge in [-0.2, -0.15) is 0 Å². The standard InChI is InChI=1S/C15H26O2/c1-3-13(16,4-2)14-8-5-9-15(14,17)12-7-6-11(14)10-12/h11-12,16-17H,3-10H2,1-2H3. The van der Waals surface area contributed by atoms with E-state index in [1.165, 1.54) is 19.3 Å². The van der Waals surface area contributed by atoms with E-state index < -0.39 is 11.2 Å². The van der Waals surface area contributed by atoms with Gasteiger partial charge in [-0.05, 0) is 63.2 Å². The van der Waals surface area contributed by atoms with Gasteiger partial charge in [-0.3, -0.25) is 0 Å². The molecule has 3 fully saturated rings. The molecule has 0 spiro atoms. The molecule has 3 aliphatic rings. The molecule has 0 amide bonds. The van der Waals surface area contributed by atoms with Gasteiger partial charge in [0.2, 0.25) is 0 Å². The third-order valence-corrected chi connectivity index (χ3v) is 6.71. The second-order valence-corrected chi connectivity index (χ2v) is 6.69. The van der Waals surface area contributed by atoms with Gasteiger partial charge >= 0.3 is 0 Å². The Bertz CT molecular complexity index is 323. The van der Waals surface area contributed by atoms with E-state index in [9.17, 15) is 10.2 Å². The van der Waals surface area contributed by atoms with Crippen LogP contribution in [0.3, 0.4) is 0 Å². The van der Waals surface area contributed by atoms with Gasteiger partial charge in [0.1, 0.15) is 0 Å². The van der Waals surface area contributed by atoms with E-state index in [0.717, 1.165) is 32.1 Å². The molecule has 98 valence electrons. The average molecular weight is 238 g/mol. The van der Waals surface area contributed by atoms with Gasteiger partial charge in [-0.1, -0.05) is 13.8 Å². The first-order valence-electron chi connectivity index (χ1n) is 7.49. The molecule has 2 N–H and O–H groups in total. The van der Waals surface area contributed by atoms with Crippen LogP contribution in [-0.2, 0) is 0 Å². The highest BCUT2D eigenvalue weighted by molar-refractivity contribution is 5.24. The fraction of sp³-hybridized carbons (Fsp3) is 1.00. The minimum absolute atomic E-state index is 0.174.